The van der Waals surface area contributed by atoms with Gasteiger partial charge in [0.2, 0.25) is 0 Å². The fourth-order valence-electron chi connectivity index (χ4n) is 2.19. The van der Waals surface area contributed by atoms with Crippen LogP contribution in [0.5, 0.6) is 0 Å². The molecular formula is C14H18N4O2. The molecule has 0 N–H and O–H groups in total. The second-order valence-corrected chi connectivity index (χ2v) is 4.61. The van der Waals surface area contributed by atoms with Gasteiger partial charge in [-0.1, -0.05) is 0 Å². The van der Waals surface area contributed by atoms with Gasteiger partial charge in [0.25, 0.3) is 0 Å². The van der Waals surface area contributed by atoms with Crippen molar-refractivity contribution in [1.82, 2.24) is 9.88 Å². The Kier molecular flexibility index (Phi) is 4.41. The van der Waals surface area contributed by atoms with Gasteiger partial charge in [0.15, 0.2) is 0 Å². The van der Waals surface area contributed by atoms with Crippen molar-refractivity contribution >= 4 is 11.9 Å². The van der Waals surface area contributed by atoms with Crippen molar-refractivity contribution in [3.63, 3.8) is 0 Å². The summed E-state index contributed by atoms with van der Waals surface area (Å²) in [5, 5.41) is 9.15. The third-order valence-electron chi connectivity index (χ3n) is 3.24. The third kappa shape index (κ3) is 2.99. The van der Waals surface area contributed by atoms with Crippen molar-refractivity contribution in [1.29, 1.82) is 5.26 Å². The van der Waals surface area contributed by atoms with Crippen LogP contribution in [0.25, 0.3) is 0 Å². The first kappa shape index (κ1) is 14.1. The maximum atomic E-state index is 11.6. The molecule has 106 valence electrons. The molecule has 2 heterocycles. The van der Waals surface area contributed by atoms with Crippen LogP contribution >= 0.6 is 0 Å². The van der Waals surface area contributed by atoms with E-state index in [0.29, 0.717) is 44.2 Å². The van der Waals surface area contributed by atoms with E-state index < -0.39 is 0 Å². The fourth-order valence-corrected chi connectivity index (χ4v) is 2.19. The average molecular weight is 274 g/mol. The SMILES string of the molecule is CCOC(=O)N1CCN(c2nc(C)ccc2C#N)CC1. The summed E-state index contributed by atoms with van der Waals surface area (Å²) in [6.45, 7) is 6.56. The van der Waals surface area contributed by atoms with Gasteiger partial charge in [-0.2, -0.15) is 5.26 Å². The number of hydrogen-bond acceptors (Lipinski definition) is 5. The van der Waals surface area contributed by atoms with Gasteiger partial charge in [0, 0.05) is 31.9 Å². The second-order valence-electron chi connectivity index (χ2n) is 4.61. The lowest BCUT2D eigenvalue weighted by Gasteiger charge is -2.35. The smallest absolute Gasteiger partial charge is 0.409 e. The van der Waals surface area contributed by atoms with Crippen LogP contribution in [0, 0.1) is 18.3 Å². The number of piperazine rings is 1. The summed E-state index contributed by atoms with van der Waals surface area (Å²) >= 11 is 0. The lowest BCUT2D eigenvalue weighted by atomic mass is 10.2. The zero-order valence-electron chi connectivity index (χ0n) is 11.8. The Balaban J connectivity index is 2.06. The molecule has 0 spiro atoms. The van der Waals surface area contributed by atoms with Crippen molar-refractivity contribution in [2.45, 2.75) is 13.8 Å². The zero-order valence-corrected chi connectivity index (χ0v) is 11.8. The molecule has 0 unspecified atom stereocenters. The molecule has 6 nitrogen and oxygen atoms in total. The number of aryl methyl sites for hydroxylation is 1. The Hall–Kier alpha value is -2.29. The number of ether oxygens (including phenoxy) is 1. The molecular weight excluding hydrogens is 256 g/mol. The zero-order chi connectivity index (χ0) is 14.5. The highest BCUT2D eigenvalue weighted by Crippen LogP contribution is 2.19. The summed E-state index contributed by atoms with van der Waals surface area (Å²) in [4.78, 5) is 19.8. The molecule has 2 rings (SSSR count). The minimum Gasteiger partial charge on any atom is -0.450 e. The molecule has 0 radical (unpaired) electrons. The molecule has 0 bridgehead atoms. The topological polar surface area (TPSA) is 69.5 Å². The van der Waals surface area contributed by atoms with Gasteiger partial charge < -0.3 is 14.5 Å². The summed E-state index contributed by atoms with van der Waals surface area (Å²) in [6.07, 6.45) is -0.273. The van der Waals surface area contributed by atoms with E-state index in [4.69, 9.17) is 10.00 Å². The molecule has 6 heteroatoms. The predicted molar refractivity (Wildman–Crippen MR) is 74.5 cm³/mol. The van der Waals surface area contributed by atoms with E-state index in [1.54, 1.807) is 17.9 Å². The minimum absolute atomic E-state index is 0.273. The molecule has 1 aliphatic rings. The van der Waals surface area contributed by atoms with Crippen LogP contribution < -0.4 is 4.90 Å². The first-order chi connectivity index (χ1) is 9.65. The van der Waals surface area contributed by atoms with E-state index in [9.17, 15) is 4.79 Å². The van der Waals surface area contributed by atoms with Gasteiger partial charge in [-0.25, -0.2) is 9.78 Å². The standard InChI is InChI=1S/C14H18N4O2/c1-3-20-14(19)18-8-6-17(7-9-18)13-12(10-15)5-4-11(2)16-13/h4-5H,3,6-9H2,1-2H3. The van der Waals surface area contributed by atoms with Crippen LogP contribution in [-0.2, 0) is 4.74 Å². The number of hydrogen-bond donors (Lipinski definition) is 0. The average Bonchev–Trinajstić information content (AvgIpc) is 2.47. The molecule has 0 aliphatic carbocycles. The molecule has 0 atom stereocenters. The van der Waals surface area contributed by atoms with Gasteiger partial charge in [-0.05, 0) is 26.0 Å². The minimum atomic E-state index is -0.273. The molecule has 1 saturated heterocycles. The fraction of sp³-hybridized carbons (Fsp3) is 0.500. The van der Waals surface area contributed by atoms with Crippen LogP contribution in [0.15, 0.2) is 12.1 Å². The highest BCUT2D eigenvalue weighted by Gasteiger charge is 2.24. The number of amides is 1. The molecule has 0 aromatic carbocycles. The van der Waals surface area contributed by atoms with Gasteiger partial charge in [0.05, 0.1) is 12.2 Å². The van der Waals surface area contributed by atoms with E-state index in [1.807, 2.05) is 17.9 Å². The lowest BCUT2D eigenvalue weighted by molar-refractivity contribution is 0.105. The number of nitriles is 1. The van der Waals surface area contributed by atoms with Crippen molar-refractivity contribution < 1.29 is 9.53 Å². The molecule has 1 aromatic heterocycles. The van der Waals surface area contributed by atoms with Crippen molar-refractivity contribution in [3.8, 4) is 6.07 Å². The lowest BCUT2D eigenvalue weighted by Crippen LogP contribution is -2.49. The van der Waals surface area contributed by atoms with Gasteiger partial charge in [0.1, 0.15) is 11.9 Å². The van der Waals surface area contributed by atoms with E-state index >= 15 is 0 Å². The van der Waals surface area contributed by atoms with E-state index in [-0.39, 0.29) is 6.09 Å². The second kappa shape index (κ2) is 6.24. The van der Waals surface area contributed by atoms with Crippen LogP contribution in [0.1, 0.15) is 18.2 Å². The largest absolute Gasteiger partial charge is 0.450 e. The number of carbonyl (C=O) groups excluding carboxylic acids is 1. The molecule has 1 fully saturated rings. The molecule has 0 saturated carbocycles. The van der Waals surface area contributed by atoms with Crippen LogP contribution in [0.3, 0.4) is 0 Å². The molecule has 20 heavy (non-hydrogen) atoms. The first-order valence-electron chi connectivity index (χ1n) is 6.70. The van der Waals surface area contributed by atoms with E-state index in [2.05, 4.69) is 11.1 Å². The highest BCUT2D eigenvalue weighted by atomic mass is 16.6. The molecule has 1 aromatic rings. The van der Waals surface area contributed by atoms with Gasteiger partial charge >= 0.3 is 6.09 Å². The first-order valence-corrected chi connectivity index (χ1v) is 6.70. The number of rotatable bonds is 2. The van der Waals surface area contributed by atoms with Crippen molar-refractivity contribution in [2.24, 2.45) is 0 Å². The van der Waals surface area contributed by atoms with Crippen LogP contribution in [0.2, 0.25) is 0 Å². The molecule has 1 amide bonds. The maximum Gasteiger partial charge on any atom is 0.409 e. The summed E-state index contributed by atoms with van der Waals surface area (Å²) in [7, 11) is 0. The monoisotopic (exact) mass is 274 g/mol. The normalized spacial score (nSPS) is 14.8. The van der Waals surface area contributed by atoms with E-state index in [0.717, 1.165) is 5.69 Å². The third-order valence-corrected chi connectivity index (χ3v) is 3.24. The number of anilines is 1. The summed E-state index contributed by atoms with van der Waals surface area (Å²) in [5.41, 5.74) is 1.45. The number of nitrogens with zero attached hydrogens (tertiary/aromatic N) is 4. The Morgan fingerprint density at radius 2 is 2.10 bits per heavy atom. The molecule has 1 aliphatic heterocycles. The summed E-state index contributed by atoms with van der Waals surface area (Å²) in [6, 6.07) is 5.78. The number of aromatic nitrogens is 1. The highest BCUT2D eigenvalue weighted by molar-refractivity contribution is 5.68. The Morgan fingerprint density at radius 3 is 2.70 bits per heavy atom. The van der Waals surface area contributed by atoms with Crippen molar-refractivity contribution in [2.75, 3.05) is 37.7 Å². The Labute approximate surface area is 118 Å². The quantitative estimate of drug-likeness (QED) is 0.818. The van der Waals surface area contributed by atoms with E-state index in [1.165, 1.54) is 0 Å². The Morgan fingerprint density at radius 1 is 1.40 bits per heavy atom. The summed E-state index contributed by atoms with van der Waals surface area (Å²) in [5.74, 6) is 0.705. The number of pyridine rings is 1. The van der Waals surface area contributed by atoms with Gasteiger partial charge in [-0.3, -0.25) is 0 Å². The van der Waals surface area contributed by atoms with Gasteiger partial charge in [-0.15, -0.1) is 0 Å². The van der Waals surface area contributed by atoms with Crippen molar-refractivity contribution in [3.05, 3.63) is 23.4 Å². The Bertz CT molecular complexity index is 530. The summed E-state index contributed by atoms with van der Waals surface area (Å²) < 4.78 is 4.99. The predicted octanol–water partition coefficient (Wildman–Crippen LogP) is 1.54. The number of carbonyl (C=O) groups is 1. The van der Waals surface area contributed by atoms with Crippen LogP contribution in [0.4, 0.5) is 10.6 Å². The maximum absolute atomic E-state index is 11.6. The van der Waals surface area contributed by atoms with Crippen LogP contribution in [-0.4, -0.2) is 48.8 Å².